The second kappa shape index (κ2) is 8.76. The Bertz CT molecular complexity index is 1500. The molecule has 4 heteroatoms. The van der Waals surface area contributed by atoms with E-state index in [1.807, 2.05) is 60.7 Å². The van der Waals surface area contributed by atoms with Gasteiger partial charge in [0.2, 0.25) is 0 Å². The van der Waals surface area contributed by atoms with Crippen LogP contribution in [0.3, 0.4) is 0 Å². The SMILES string of the molecule is N#Cc1ccc(-c2ccc(-c3cccc(-c4cccc(B(O)O)c4)c3)c3ccccc23)cc1. The maximum atomic E-state index is 9.53. The van der Waals surface area contributed by atoms with Crippen molar-refractivity contribution in [2.45, 2.75) is 0 Å². The first kappa shape index (κ1) is 20.7. The quantitative estimate of drug-likeness (QED) is 0.380. The Morgan fingerprint density at radius 3 is 1.76 bits per heavy atom. The Kier molecular flexibility index (Phi) is 5.50. The third kappa shape index (κ3) is 4.04. The molecule has 0 aliphatic carbocycles. The molecule has 0 bridgehead atoms. The minimum absolute atomic E-state index is 0.468. The van der Waals surface area contributed by atoms with Crippen LogP contribution in [0.1, 0.15) is 5.56 Å². The van der Waals surface area contributed by atoms with Crippen molar-refractivity contribution < 1.29 is 10.0 Å². The molecule has 156 valence electrons. The van der Waals surface area contributed by atoms with E-state index in [0.717, 1.165) is 44.2 Å². The zero-order chi connectivity index (χ0) is 22.8. The molecule has 0 saturated carbocycles. The molecule has 0 spiro atoms. The first-order valence-corrected chi connectivity index (χ1v) is 10.7. The smallest absolute Gasteiger partial charge is 0.423 e. The molecule has 5 aromatic rings. The molecule has 0 saturated heterocycles. The van der Waals surface area contributed by atoms with Crippen LogP contribution in [0, 0.1) is 11.3 Å². The van der Waals surface area contributed by atoms with E-state index in [0.29, 0.717) is 11.0 Å². The standard InChI is InChI=1S/C29H20BNO2/c31-19-20-11-13-21(14-12-20)26-15-16-27(29-10-2-1-9-28(26)29)24-7-3-5-22(17-24)23-6-4-8-25(18-23)30(32)33/h1-18,32-33H. The van der Waals surface area contributed by atoms with Gasteiger partial charge in [-0.2, -0.15) is 5.26 Å². The zero-order valence-electron chi connectivity index (χ0n) is 17.8. The number of nitrogens with zero attached hydrogens (tertiary/aromatic N) is 1. The average molecular weight is 425 g/mol. The van der Waals surface area contributed by atoms with E-state index in [1.54, 1.807) is 12.1 Å². The Hall–Kier alpha value is -4.17. The van der Waals surface area contributed by atoms with Gasteiger partial charge in [0.1, 0.15) is 0 Å². The van der Waals surface area contributed by atoms with Crippen molar-refractivity contribution in [2.75, 3.05) is 0 Å². The van der Waals surface area contributed by atoms with Gasteiger partial charge in [-0.3, -0.25) is 0 Å². The molecule has 0 aromatic heterocycles. The molecule has 0 atom stereocenters. The van der Waals surface area contributed by atoms with Crippen LogP contribution in [-0.2, 0) is 0 Å². The van der Waals surface area contributed by atoms with Gasteiger partial charge >= 0.3 is 7.12 Å². The summed E-state index contributed by atoms with van der Waals surface area (Å²) in [4.78, 5) is 0. The lowest BCUT2D eigenvalue weighted by Gasteiger charge is -2.13. The van der Waals surface area contributed by atoms with E-state index < -0.39 is 7.12 Å². The fraction of sp³-hybridized carbons (Fsp3) is 0. The Morgan fingerprint density at radius 2 is 1.12 bits per heavy atom. The maximum Gasteiger partial charge on any atom is 0.488 e. The highest BCUT2D eigenvalue weighted by Gasteiger charge is 2.13. The van der Waals surface area contributed by atoms with Crippen LogP contribution in [-0.4, -0.2) is 17.2 Å². The average Bonchev–Trinajstić information content (AvgIpc) is 2.88. The summed E-state index contributed by atoms with van der Waals surface area (Å²) in [6.45, 7) is 0. The van der Waals surface area contributed by atoms with Gasteiger partial charge in [0, 0.05) is 0 Å². The van der Waals surface area contributed by atoms with Crippen molar-refractivity contribution in [1.82, 2.24) is 0 Å². The predicted molar refractivity (Wildman–Crippen MR) is 135 cm³/mol. The predicted octanol–water partition coefficient (Wildman–Crippen LogP) is 5.39. The molecule has 0 heterocycles. The minimum Gasteiger partial charge on any atom is -0.423 e. The fourth-order valence-corrected chi connectivity index (χ4v) is 4.27. The van der Waals surface area contributed by atoms with Gasteiger partial charge in [-0.1, -0.05) is 91.0 Å². The van der Waals surface area contributed by atoms with E-state index in [-0.39, 0.29) is 0 Å². The highest BCUT2D eigenvalue weighted by molar-refractivity contribution is 6.58. The summed E-state index contributed by atoms with van der Waals surface area (Å²) in [5.74, 6) is 0. The largest absolute Gasteiger partial charge is 0.488 e. The molecule has 5 aromatic carbocycles. The van der Waals surface area contributed by atoms with Crippen molar-refractivity contribution in [1.29, 1.82) is 5.26 Å². The van der Waals surface area contributed by atoms with Gasteiger partial charge in [-0.25, -0.2) is 0 Å². The third-order valence-corrected chi connectivity index (χ3v) is 5.94. The van der Waals surface area contributed by atoms with Crippen LogP contribution in [0.15, 0.2) is 109 Å². The highest BCUT2D eigenvalue weighted by atomic mass is 16.4. The van der Waals surface area contributed by atoms with Gasteiger partial charge in [0.25, 0.3) is 0 Å². The van der Waals surface area contributed by atoms with Crippen molar-refractivity contribution >= 4 is 23.4 Å². The molecular weight excluding hydrogens is 405 g/mol. The molecule has 2 N–H and O–H groups in total. The molecule has 0 aliphatic rings. The first-order chi connectivity index (χ1) is 16.1. The molecule has 0 aliphatic heterocycles. The van der Waals surface area contributed by atoms with Crippen LogP contribution >= 0.6 is 0 Å². The lowest BCUT2D eigenvalue weighted by molar-refractivity contribution is 0.426. The molecule has 33 heavy (non-hydrogen) atoms. The van der Waals surface area contributed by atoms with Crippen molar-refractivity contribution in [2.24, 2.45) is 0 Å². The van der Waals surface area contributed by atoms with E-state index in [2.05, 4.69) is 42.5 Å². The lowest BCUT2D eigenvalue weighted by Crippen LogP contribution is -2.29. The second-order valence-electron chi connectivity index (χ2n) is 7.98. The van der Waals surface area contributed by atoms with Crippen LogP contribution in [0.4, 0.5) is 0 Å². The summed E-state index contributed by atoms with van der Waals surface area (Å²) in [7, 11) is -1.49. The fourth-order valence-electron chi connectivity index (χ4n) is 4.27. The summed E-state index contributed by atoms with van der Waals surface area (Å²) in [6, 6.07) is 38.0. The van der Waals surface area contributed by atoms with Gasteiger partial charge < -0.3 is 10.0 Å². The molecule has 0 unspecified atom stereocenters. The summed E-state index contributed by atoms with van der Waals surface area (Å²) in [5, 5.41) is 30.5. The van der Waals surface area contributed by atoms with Crippen molar-refractivity contribution in [3.63, 3.8) is 0 Å². The van der Waals surface area contributed by atoms with Crippen molar-refractivity contribution in [3.8, 4) is 39.4 Å². The normalized spacial score (nSPS) is 10.7. The van der Waals surface area contributed by atoms with Gasteiger partial charge in [0.05, 0.1) is 11.6 Å². The number of rotatable bonds is 4. The third-order valence-electron chi connectivity index (χ3n) is 5.94. The highest BCUT2D eigenvalue weighted by Crippen LogP contribution is 2.36. The van der Waals surface area contributed by atoms with Gasteiger partial charge in [-0.05, 0) is 67.8 Å². The molecular formula is C29H20BNO2. The van der Waals surface area contributed by atoms with E-state index >= 15 is 0 Å². The molecule has 0 radical (unpaired) electrons. The number of hydrogen-bond acceptors (Lipinski definition) is 3. The number of fused-ring (bicyclic) bond motifs is 1. The molecule has 0 amide bonds. The molecule has 5 rings (SSSR count). The van der Waals surface area contributed by atoms with E-state index in [4.69, 9.17) is 5.26 Å². The van der Waals surface area contributed by atoms with Crippen LogP contribution < -0.4 is 5.46 Å². The second-order valence-corrected chi connectivity index (χ2v) is 7.98. The maximum absolute atomic E-state index is 9.53. The molecule has 3 nitrogen and oxygen atoms in total. The van der Waals surface area contributed by atoms with Crippen LogP contribution in [0.2, 0.25) is 0 Å². The van der Waals surface area contributed by atoms with Crippen LogP contribution in [0.5, 0.6) is 0 Å². The van der Waals surface area contributed by atoms with Gasteiger partial charge in [-0.15, -0.1) is 0 Å². The number of nitriles is 1. The Labute approximate surface area is 193 Å². The molecule has 0 fully saturated rings. The van der Waals surface area contributed by atoms with Crippen LogP contribution in [0.25, 0.3) is 44.2 Å². The first-order valence-electron chi connectivity index (χ1n) is 10.7. The zero-order valence-corrected chi connectivity index (χ0v) is 17.8. The van der Waals surface area contributed by atoms with E-state index in [9.17, 15) is 10.0 Å². The van der Waals surface area contributed by atoms with Gasteiger partial charge in [0.15, 0.2) is 0 Å². The summed E-state index contributed by atoms with van der Waals surface area (Å²) < 4.78 is 0. The Balaban J connectivity index is 1.62. The summed E-state index contributed by atoms with van der Waals surface area (Å²) in [5.41, 5.74) is 7.47. The number of hydrogen-bond donors (Lipinski definition) is 2. The monoisotopic (exact) mass is 425 g/mol. The summed E-state index contributed by atoms with van der Waals surface area (Å²) >= 11 is 0. The topological polar surface area (TPSA) is 64.2 Å². The minimum atomic E-state index is -1.49. The number of benzene rings is 5. The Morgan fingerprint density at radius 1 is 0.545 bits per heavy atom. The van der Waals surface area contributed by atoms with E-state index in [1.165, 1.54) is 0 Å². The lowest BCUT2D eigenvalue weighted by atomic mass is 9.79. The summed E-state index contributed by atoms with van der Waals surface area (Å²) in [6.07, 6.45) is 0. The van der Waals surface area contributed by atoms with Crippen molar-refractivity contribution in [3.05, 3.63) is 115 Å².